The molecular formula is C20H24N6. The SMILES string of the molecule is C=C(c1ccccc1)c1n[nH]c2nc(N3CCC(C)(CN)CC3)cnc12. The topological polar surface area (TPSA) is 83.7 Å². The molecule has 26 heavy (non-hydrogen) atoms. The molecule has 2 aromatic heterocycles. The number of aromatic amines is 1. The van der Waals surface area contributed by atoms with Crippen LogP contribution < -0.4 is 10.6 Å². The lowest BCUT2D eigenvalue weighted by molar-refractivity contribution is 0.258. The Hall–Kier alpha value is -2.73. The average molecular weight is 348 g/mol. The molecule has 134 valence electrons. The lowest BCUT2D eigenvalue weighted by Crippen LogP contribution is -2.42. The monoisotopic (exact) mass is 348 g/mol. The number of piperidine rings is 1. The molecule has 4 rings (SSSR count). The van der Waals surface area contributed by atoms with Crippen LogP contribution in [0.15, 0.2) is 43.1 Å². The van der Waals surface area contributed by atoms with E-state index in [4.69, 9.17) is 10.7 Å². The maximum absolute atomic E-state index is 5.91. The van der Waals surface area contributed by atoms with Crippen LogP contribution >= 0.6 is 0 Å². The summed E-state index contributed by atoms with van der Waals surface area (Å²) in [7, 11) is 0. The van der Waals surface area contributed by atoms with Gasteiger partial charge in [0.25, 0.3) is 0 Å². The van der Waals surface area contributed by atoms with Crippen molar-refractivity contribution in [1.82, 2.24) is 20.2 Å². The predicted molar refractivity (Wildman–Crippen MR) is 105 cm³/mol. The highest BCUT2D eigenvalue weighted by Gasteiger charge is 2.29. The Balaban J connectivity index is 1.59. The van der Waals surface area contributed by atoms with Crippen LogP contribution in [-0.2, 0) is 0 Å². The minimum absolute atomic E-state index is 0.239. The Morgan fingerprint density at radius 2 is 2.00 bits per heavy atom. The number of nitrogens with two attached hydrogens (primary N) is 1. The first-order valence-electron chi connectivity index (χ1n) is 9.00. The molecule has 6 heteroatoms. The highest BCUT2D eigenvalue weighted by molar-refractivity contribution is 5.90. The Labute approximate surface area is 153 Å². The first-order valence-corrected chi connectivity index (χ1v) is 9.00. The van der Waals surface area contributed by atoms with E-state index in [1.165, 1.54) is 0 Å². The summed E-state index contributed by atoms with van der Waals surface area (Å²) in [6.07, 6.45) is 3.98. The summed E-state index contributed by atoms with van der Waals surface area (Å²) in [4.78, 5) is 11.7. The van der Waals surface area contributed by atoms with Crippen molar-refractivity contribution in [1.29, 1.82) is 0 Å². The van der Waals surface area contributed by atoms with Gasteiger partial charge in [0.05, 0.1) is 6.20 Å². The third-order valence-electron chi connectivity index (χ3n) is 5.45. The van der Waals surface area contributed by atoms with Gasteiger partial charge in [0.15, 0.2) is 5.65 Å². The lowest BCUT2D eigenvalue weighted by Gasteiger charge is -2.39. The number of benzene rings is 1. The van der Waals surface area contributed by atoms with Crippen molar-refractivity contribution in [2.75, 3.05) is 24.5 Å². The predicted octanol–water partition coefficient (Wildman–Crippen LogP) is 2.98. The molecule has 3 N–H and O–H groups in total. The van der Waals surface area contributed by atoms with Gasteiger partial charge in [-0.2, -0.15) is 5.10 Å². The van der Waals surface area contributed by atoms with Gasteiger partial charge in [-0.05, 0) is 30.4 Å². The summed E-state index contributed by atoms with van der Waals surface area (Å²) in [6.45, 7) is 9.08. The molecule has 0 amide bonds. The molecular weight excluding hydrogens is 324 g/mol. The quantitative estimate of drug-likeness (QED) is 0.757. The number of nitrogens with one attached hydrogen (secondary N) is 1. The fourth-order valence-corrected chi connectivity index (χ4v) is 3.41. The average Bonchev–Trinajstić information content (AvgIpc) is 3.12. The van der Waals surface area contributed by atoms with E-state index >= 15 is 0 Å². The maximum Gasteiger partial charge on any atom is 0.177 e. The zero-order valence-electron chi connectivity index (χ0n) is 15.1. The Kier molecular flexibility index (Phi) is 4.20. The van der Waals surface area contributed by atoms with E-state index in [0.717, 1.165) is 60.6 Å². The lowest BCUT2D eigenvalue weighted by atomic mass is 9.80. The van der Waals surface area contributed by atoms with E-state index in [1.54, 1.807) is 0 Å². The van der Waals surface area contributed by atoms with Crippen LogP contribution in [-0.4, -0.2) is 39.8 Å². The maximum atomic E-state index is 5.91. The number of nitrogens with zero attached hydrogens (tertiary/aromatic N) is 4. The number of hydrogen-bond acceptors (Lipinski definition) is 5. The van der Waals surface area contributed by atoms with Crippen molar-refractivity contribution in [3.63, 3.8) is 0 Å². The van der Waals surface area contributed by atoms with Crippen molar-refractivity contribution in [3.05, 3.63) is 54.4 Å². The Morgan fingerprint density at radius 1 is 1.27 bits per heavy atom. The molecule has 0 radical (unpaired) electrons. The van der Waals surface area contributed by atoms with Crippen LogP contribution in [0.4, 0.5) is 5.82 Å². The van der Waals surface area contributed by atoms with Crippen LogP contribution in [0.1, 0.15) is 31.0 Å². The van der Waals surface area contributed by atoms with Crippen LogP contribution in [0.25, 0.3) is 16.7 Å². The number of anilines is 1. The van der Waals surface area contributed by atoms with E-state index in [1.807, 2.05) is 36.5 Å². The standard InChI is InChI=1S/C20H24N6/c1-14(15-6-4-3-5-7-15)17-18-19(25-24-17)23-16(12-22-18)26-10-8-20(2,13-21)9-11-26/h3-7,12H,1,8-11,13,21H2,2H3,(H,23,24,25). The largest absolute Gasteiger partial charge is 0.355 e. The van der Waals surface area contributed by atoms with Gasteiger partial charge in [0.2, 0.25) is 0 Å². The van der Waals surface area contributed by atoms with Crippen molar-refractivity contribution >= 4 is 22.6 Å². The Bertz CT molecular complexity index is 922. The van der Waals surface area contributed by atoms with E-state index < -0.39 is 0 Å². The molecule has 3 aromatic rings. The molecule has 0 unspecified atom stereocenters. The molecule has 1 aromatic carbocycles. The second-order valence-electron chi connectivity index (χ2n) is 7.34. The summed E-state index contributed by atoms with van der Waals surface area (Å²) in [5.74, 6) is 0.886. The molecule has 1 fully saturated rings. The summed E-state index contributed by atoms with van der Waals surface area (Å²) in [5, 5.41) is 7.42. The molecule has 6 nitrogen and oxygen atoms in total. The first-order chi connectivity index (χ1) is 12.6. The van der Waals surface area contributed by atoms with Crippen molar-refractivity contribution in [3.8, 4) is 0 Å². The van der Waals surface area contributed by atoms with Crippen LogP contribution in [0, 0.1) is 5.41 Å². The van der Waals surface area contributed by atoms with Gasteiger partial charge >= 0.3 is 0 Å². The van der Waals surface area contributed by atoms with Crippen LogP contribution in [0.5, 0.6) is 0 Å². The van der Waals surface area contributed by atoms with Gasteiger partial charge in [-0.25, -0.2) is 9.97 Å². The third-order valence-corrected chi connectivity index (χ3v) is 5.45. The molecule has 0 saturated carbocycles. The van der Waals surface area contributed by atoms with Gasteiger partial charge < -0.3 is 10.6 Å². The van der Waals surface area contributed by atoms with Gasteiger partial charge in [-0.1, -0.05) is 43.8 Å². The number of aromatic nitrogens is 4. The fourth-order valence-electron chi connectivity index (χ4n) is 3.41. The van der Waals surface area contributed by atoms with Crippen LogP contribution in [0.2, 0.25) is 0 Å². The summed E-state index contributed by atoms with van der Waals surface area (Å²) >= 11 is 0. The number of rotatable bonds is 4. The zero-order valence-corrected chi connectivity index (χ0v) is 15.1. The molecule has 1 aliphatic heterocycles. The van der Waals surface area contributed by atoms with Crippen molar-refractivity contribution in [2.45, 2.75) is 19.8 Å². The smallest absolute Gasteiger partial charge is 0.177 e. The Morgan fingerprint density at radius 3 is 2.69 bits per heavy atom. The van der Waals surface area contributed by atoms with Crippen molar-refractivity contribution in [2.24, 2.45) is 11.1 Å². The van der Waals surface area contributed by atoms with E-state index in [9.17, 15) is 0 Å². The van der Waals surface area contributed by atoms with E-state index in [-0.39, 0.29) is 5.41 Å². The molecule has 1 saturated heterocycles. The summed E-state index contributed by atoms with van der Waals surface area (Å²) < 4.78 is 0. The van der Waals surface area contributed by atoms with E-state index in [2.05, 4.69) is 33.6 Å². The summed E-state index contributed by atoms with van der Waals surface area (Å²) in [6, 6.07) is 10.0. The first kappa shape index (κ1) is 16.7. The number of hydrogen-bond donors (Lipinski definition) is 2. The minimum atomic E-state index is 0.239. The van der Waals surface area contributed by atoms with Crippen molar-refractivity contribution < 1.29 is 0 Å². The van der Waals surface area contributed by atoms with Gasteiger partial charge in [0.1, 0.15) is 17.0 Å². The normalized spacial score (nSPS) is 16.8. The second kappa shape index (κ2) is 6.53. The van der Waals surface area contributed by atoms with Gasteiger partial charge in [-0.15, -0.1) is 0 Å². The second-order valence-corrected chi connectivity index (χ2v) is 7.34. The third kappa shape index (κ3) is 2.97. The molecule has 1 aliphatic rings. The highest BCUT2D eigenvalue weighted by atomic mass is 15.2. The summed E-state index contributed by atoms with van der Waals surface area (Å²) in [5.41, 5.74) is 10.2. The minimum Gasteiger partial charge on any atom is -0.355 e. The zero-order chi connectivity index (χ0) is 18.1. The van der Waals surface area contributed by atoms with E-state index in [0.29, 0.717) is 5.65 Å². The van der Waals surface area contributed by atoms with Gasteiger partial charge in [0, 0.05) is 18.7 Å². The number of fused-ring (bicyclic) bond motifs is 1. The molecule has 0 atom stereocenters. The fraction of sp³-hybridized carbons (Fsp3) is 0.350. The molecule has 3 heterocycles. The van der Waals surface area contributed by atoms with Crippen LogP contribution in [0.3, 0.4) is 0 Å². The molecule has 0 bridgehead atoms. The molecule has 0 spiro atoms. The number of H-pyrrole nitrogens is 1. The molecule has 0 aliphatic carbocycles. The van der Waals surface area contributed by atoms with Gasteiger partial charge in [-0.3, -0.25) is 5.10 Å². The highest BCUT2D eigenvalue weighted by Crippen LogP contribution is 2.32.